The number of hydrogen-bond donors (Lipinski definition) is 1. The van der Waals surface area contributed by atoms with Crippen molar-refractivity contribution < 1.29 is 6.17 Å². The molecule has 0 aliphatic carbocycles. The van der Waals surface area contributed by atoms with Crippen molar-refractivity contribution in [1.29, 1.82) is 0 Å². The molecule has 1 amide bonds. The van der Waals surface area contributed by atoms with Gasteiger partial charge >= 0.3 is 0 Å². The zero-order valence-corrected chi connectivity index (χ0v) is 18.6. The highest BCUT2D eigenvalue weighted by Gasteiger charge is 2.09. The van der Waals surface area contributed by atoms with Crippen LogP contribution in [0.4, 0.5) is 5.69 Å². The van der Waals surface area contributed by atoms with Gasteiger partial charge in [-0.25, -0.2) is 0 Å². The van der Waals surface area contributed by atoms with Gasteiger partial charge in [-0.3, -0.25) is 9.78 Å². The lowest BCUT2D eigenvalue weighted by Gasteiger charge is -2.10. The summed E-state index contributed by atoms with van der Waals surface area (Å²) < 4.78 is 8.70. The number of carbonyl (C=O) groups is 1. The number of benzene rings is 4. The Labute approximate surface area is 200 Å². The van der Waals surface area contributed by atoms with E-state index in [0.29, 0.717) is 11.7 Å². The summed E-state index contributed by atoms with van der Waals surface area (Å²) in [4.78, 5) is 17.3. The van der Waals surface area contributed by atoms with Gasteiger partial charge in [-0.2, -0.15) is 0 Å². The number of nitrogens with zero attached hydrogens (tertiary/aromatic N) is 1. The topological polar surface area (TPSA) is 42.0 Å². The minimum atomic E-state index is -0.143. The summed E-state index contributed by atoms with van der Waals surface area (Å²) in [5.74, 6) is -0.143. The smallest absolute Gasteiger partial charge is 0.228 e. The molecule has 1 N–H and O–H groups in total. The minimum absolute atomic E-state index is 0.143. The molecular weight excluding hydrogens is 416 g/mol. The molecule has 3 nitrogen and oxygen atoms in total. The second-order valence-corrected chi connectivity index (χ2v) is 8.04. The molecule has 0 fully saturated rings. The van der Waals surface area contributed by atoms with Gasteiger partial charge in [0.1, 0.15) is 0 Å². The van der Waals surface area contributed by atoms with E-state index >= 15 is 0 Å². The second kappa shape index (κ2) is 9.97. The van der Waals surface area contributed by atoms with E-state index in [1.165, 1.54) is 0 Å². The van der Waals surface area contributed by atoms with E-state index in [4.69, 9.17) is 1.37 Å². The van der Waals surface area contributed by atoms with Crippen LogP contribution < -0.4 is 5.32 Å². The normalized spacial score (nSPS) is 11.8. The molecule has 5 aromatic rings. The van der Waals surface area contributed by atoms with Crippen LogP contribution in [0.25, 0.3) is 34.2 Å². The number of fused-ring (bicyclic) bond motifs is 1. The van der Waals surface area contributed by atoms with Gasteiger partial charge < -0.3 is 5.32 Å². The molecule has 0 unspecified atom stereocenters. The molecule has 1 aromatic heterocycles. The molecule has 5 rings (SSSR count). The van der Waals surface area contributed by atoms with Gasteiger partial charge in [0.2, 0.25) is 5.91 Å². The van der Waals surface area contributed by atoms with Gasteiger partial charge in [-0.15, -0.1) is 0 Å². The lowest BCUT2D eigenvalue weighted by Crippen LogP contribution is -2.15. The molecule has 0 aliphatic heterocycles. The molecule has 0 aliphatic rings. The molecule has 0 saturated carbocycles. The number of nitrogens with one attached hydrogen (secondary N) is 1. The molecule has 0 bridgehead atoms. The first-order valence-corrected chi connectivity index (χ1v) is 11.2. The summed E-state index contributed by atoms with van der Waals surface area (Å²) in [6.45, 7) is 0. The van der Waals surface area contributed by atoms with Gasteiger partial charge in [-0.1, -0.05) is 109 Å². The lowest BCUT2D eigenvalue weighted by atomic mass is 10.0. The van der Waals surface area contributed by atoms with Crippen molar-refractivity contribution in [2.45, 2.75) is 6.42 Å². The van der Waals surface area contributed by atoms with Crippen LogP contribution in [0.15, 0.2) is 115 Å². The highest BCUT2D eigenvalue weighted by Crippen LogP contribution is 2.22. The van der Waals surface area contributed by atoms with Crippen LogP contribution in [-0.2, 0) is 11.2 Å². The number of hydrogen-bond acceptors (Lipinski definition) is 2. The maximum atomic E-state index is 12.9. The molecule has 164 valence electrons. The zero-order valence-electron chi connectivity index (χ0n) is 19.6. The first-order chi connectivity index (χ1) is 17.2. The van der Waals surface area contributed by atoms with Crippen LogP contribution >= 0.6 is 0 Å². The monoisotopic (exact) mass is 441 g/mol. The summed E-state index contributed by atoms with van der Waals surface area (Å²) >= 11 is 0. The fourth-order valence-electron chi connectivity index (χ4n) is 3.95. The Balaban J connectivity index is 1.34. The molecule has 0 spiro atoms. The Kier molecular flexibility index (Phi) is 5.90. The quantitative estimate of drug-likeness (QED) is 0.282. The van der Waals surface area contributed by atoms with Crippen molar-refractivity contribution >= 4 is 34.6 Å². The summed E-state index contributed by atoms with van der Waals surface area (Å²) in [6, 6.07) is 35.9. The van der Waals surface area contributed by atoms with Gasteiger partial charge in [0.05, 0.1) is 19.0 Å². The average Bonchev–Trinajstić information content (AvgIpc) is 2.90. The fraction of sp³-hybridized carbons (Fsp3) is 0.0323. The summed E-state index contributed by atoms with van der Waals surface area (Å²) in [7, 11) is 0. The van der Waals surface area contributed by atoms with Crippen LogP contribution in [0.3, 0.4) is 0 Å². The zero-order chi connectivity index (χ0) is 24.0. The average molecular weight is 442 g/mol. The van der Waals surface area contributed by atoms with E-state index in [1.807, 2.05) is 91.0 Å². The molecule has 0 saturated heterocycles. The van der Waals surface area contributed by atoms with Gasteiger partial charge in [0.15, 0.2) is 0 Å². The Morgan fingerprint density at radius 1 is 0.794 bits per heavy atom. The Hall–Kier alpha value is -4.50. The minimum Gasteiger partial charge on any atom is -0.324 e. The molecule has 3 heteroatoms. The van der Waals surface area contributed by atoms with Crippen molar-refractivity contribution in [3.05, 3.63) is 132 Å². The van der Waals surface area contributed by atoms with Crippen LogP contribution in [0.2, 0.25) is 0 Å². The third-order valence-electron chi connectivity index (χ3n) is 5.69. The van der Waals surface area contributed by atoms with E-state index < -0.39 is 0 Å². The third kappa shape index (κ3) is 4.94. The molecule has 4 aromatic carbocycles. The predicted octanol–water partition coefficient (Wildman–Crippen LogP) is 7.25. The van der Waals surface area contributed by atoms with Gasteiger partial charge in [-0.05, 0) is 39.9 Å². The maximum absolute atomic E-state index is 12.9. The van der Waals surface area contributed by atoms with E-state index in [2.05, 4.69) is 34.6 Å². The fourth-order valence-corrected chi connectivity index (χ4v) is 3.95. The molecular formula is C31H24N2O. The summed E-state index contributed by atoms with van der Waals surface area (Å²) in [6.07, 6.45) is 3.72. The van der Waals surface area contributed by atoms with Gasteiger partial charge in [0, 0.05) is 11.6 Å². The van der Waals surface area contributed by atoms with Crippen LogP contribution in [0, 0.1) is 0 Å². The van der Waals surface area contributed by atoms with E-state index in [0.717, 1.165) is 38.7 Å². The van der Waals surface area contributed by atoms with Crippen molar-refractivity contribution in [2.24, 2.45) is 0 Å². The highest BCUT2D eigenvalue weighted by molar-refractivity contribution is 6.01. The summed E-state index contributed by atoms with van der Waals surface area (Å²) in [5, 5.41) is 3.96. The summed E-state index contributed by atoms with van der Waals surface area (Å²) in [5.41, 5.74) is 6.23. The number of anilines is 1. The van der Waals surface area contributed by atoms with Crippen LogP contribution in [0.5, 0.6) is 0 Å². The van der Waals surface area contributed by atoms with Crippen molar-refractivity contribution in [2.75, 3.05) is 5.32 Å². The van der Waals surface area contributed by atoms with Crippen LogP contribution in [0.1, 0.15) is 18.1 Å². The van der Waals surface area contributed by atoms with Crippen molar-refractivity contribution in [3.8, 4) is 11.1 Å². The second-order valence-electron chi connectivity index (χ2n) is 8.04. The number of para-hydroxylation sites is 1. The van der Waals surface area contributed by atoms with E-state index in [9.17, 15) is 4.79 Å². The number of amides is 1. The SMILES string of the molecule is [2H]/C(=C\c1ccc(-c2ccccc2)cc1)c1ccccc1CC(=O)Nc1cccc2cccnc12. The molecule has 0 radical (unpaired) electrons. The number of pyridine rings is 1. The number of aromatic nitrogens is 1. The molecule has 1 heterocycles. The predicted molar refractivity (Wildman–Crippen MR) is 141 cm³/mol. The largest absolute Gasteiger partial charge is 0.324 e. The lowest BCUT2D eigenvalue weighted by molar-refractivity contribution is -0.115. The Bertz CT molecular complexity index is 1500. The maximum Gasteiger partial charge on any atom is 0.228 e. The highest BCUT2D eigenvalue weighted by atomic mass is 16.1. The first-order valence-electron chi connectivity index (χ1n) is 11.7. The standard InChI is InChI=1S/C31H24N2O/c34-30(33-29-14-6-12-27-13-7-21-32-31(27)29)22-28-11-5-4-10-25(28)18-15-23-16-19-26(20-17-23)24-8-2-1-3-9-24/h1-21H,22H2,(H,33,34)/b18-15+/i18D. The number of carbonyl (C=O) groups excluding carboxylic acids is 1. The van der Waals surface area contributed by atoms with Crippen molar-refractivity contribution in [1.82, 2.24) is 4.98 Å². The van der Waals surface area contributed by atoms with Crippen LogP contribution in [-0.4, -0.2) is 10.9 Å². The first kappa shape index (κ1) is 20.1. The third-order valence-corrected chi connectivity index (χ3v) is 5.69. The Morgan fingerprint density at radius 3 is 2.38 bits per heavy atom. The van der Waals surface area contributed by atoms with E-state index in [-0.39, 0.29) is 12.3 Å². The van der Waals surface area contributed by atoms with Crippen molar-refractivity contribution in [3.63, 3.8) is 0 Å². The van der Waals surface area contributed by atoms with Gasteiger partial charge in [0.25, 0.3) is 0 Å². The van der Waals surface area contributed by atoms with E-state index in [1.54, 1.807) is 6.20 Å². The molecule has 0 atom stereocenters. The Morgan fingerprint density at radius 2 is 1.53 bits per heavy atom. The molecule has 34 heavy (non-hydrogen) atoms. The number of rotatable bonds is 6.